The van der Waals surface area contributed by atoms with Crippen LogP contribution in [-0.2, 0) is 26.2 Å². The molecule has 0 spiro atoms. The van der Waals surface area contributed by atoms with E-state index in [-0.39, 0.29) is 28.8 Å². The van der Waals surface area contributed by atoms with Gasteiger partial charge in [-0.15, -0.1) is 0 Å². The fourth-order valence-electron chi connectivity index (χ4n) is 4.14. The van der Waals surface area contributed by atoms with Crippen molar-refractivity contribution >= 4 is 27.5 Å². The molecule has 1 atom stereocenters. The topological polar surface area (TPSA) is 105 Å². The maximum Gasteiger partial charge on any atom is 0.264 e. The Labute approximate surface area is 230 Å². The summed E-state index contributed by atoms with van der Waals surface area (Å²) in [5.41, 5.74) is 2.02. The lowest BCUT2D eigenvalue weighted by Crippen LogP contribution is -2.51. The van der Waals surface area contributed by atoms with E-state index < -0.39 is 28.5 Å². The van der Waals surface area contributed by atoms with Crippen LogP contribution in [0, 0.1) is 6.92 Å². The number of nitrogens with zero attached hydrogens (tertiary/aromatic N) is 2. The van der Waals surface area contributed by atoms with Gasteiger partial charge >= 0.3 is 0 Å². The molecule has 0 heterocycles. The highest BCUT2D eigenvalue weighted by atomic mass is 32.2. The SMILES string of the molecule is CCNC(=O)[C@@H](C)N(Cc1cccc(C)c1)C(=O)CN(c1ccccc1OC)S(=O)(=O)c1ccc(OC)cc1. The van der Waals surface area contributed by atoms with E-state index in [4.69, 9.17) is 9.47 Å². The number of benzene rings is 3. The van der Waals surface area contributed by atoms with Gasteiger partial charge in [0, 0.05) is 13.1 Å². The van der Waals surface area contributed by atoms with Crippen molar-refractivity contribution in [2.45, 2.75) is 38.3 Å². The van der Waals surface area contributed by atoms with Gasteiger partial charge in [-0.2, -0.15) is 0 Å². The molecular formula is C29H35N3O6S. The van der Waals surface area contributed by atoms with Crippen molar-refractivity contribution in [3.8, 4) is 11.5 Å². The maximum absolute atomic E-state index is 13.9. The first kappa shape index (κ1) is 29.5. The van der Waals surface area contributed by atoms with Crippen molar-refractivity contribution in [2.75, 3.05) is 31.6 Å². The first-order chi connectivity index (χ1) is 18.6. The molecule has 0 aliphatic rings. The number of hydrogen-bond acceptors (Lipinski definition) is 6. The molecule has 0 fully saturated rings. The molecule has 0 unspecified atom stereocenters. The van der Waals surface area contributed by atoms with Crippen molar-refractivity contribution in [1.29, 1.82) is 0 Å². The van der Waals surface area contributed by atoms with E-state index in [2.05, 4.69) is 5.32 Å². The van der Waals surface area contributed by atoms with Gasteiger partial charge < -0.3 is 19.7 Å². The molecule has 3 aromatic carbocycles. The summed E-state index contributed by atoms with van der Waals surface area (Å²) in [6.45, 7) is 5.33. The number of anilines is 1. The zero-order chi connectivity index (χ0) is 28.6. The third-order valence-electron chi connectivity index (χ3n) is 6.23. The molecule has 0 aromatic heterocycles. The van der Waals surface area contributed by atoms with Crippen LogP contribution in [0.4, 0.5) is 5.69 Å². The van der Waals surface area contributed by atoms with Crippen LogP contribution in [-0.4, -0.2) is 58.5 Å². The number of nitrogens with one attached hydrogen (secondary N) is 1. The zero-order valence-electron chi connectivity index (χ0n) is 22.9. The van der Waals surface area contributed by atoms with Crippen LogP contribution in [0.3, 0.4) is 0 Å². The molecule has 0 aliphatic carbocycles. The molecule has 3 rings (SSSR count). The van der Waals surface area contributed by atoms with Crippen molar-refractivity contribution in [1.82, 2.24) is 10.2 Å². The molecule has 2 amide bonds. The predicted molar refractivity (Wildman–Crippen MR) is 150 cm³/mol. The number of rotatable bonds is 12. The third kappa shape index (κ3) is 7.08. The van der Waals surface area contributed by atoms with Gasteiger partial charge in [0.15, 0.2) is 0 Å². The summed E-state index contributed by atoms with van der Waals surface area (Å²) in [7, 11) is -1.31. The van der Waals surface area contributed by atoms with E-state index in [1.54, 1.807) is 38.1 Å². The van der Waals surface area contributed by atoms with E-state index in [1.165, 1.54) is 43.4 Å². The highest BCUT2D eigenvalue weighted by Gasteiger charge is 2.33. The van der Waals surface area contributed by atoms with Crippen molar-refractivity contribution < 1.29 is 27.5 Å². The van der Waals surface area contributed by atoms with Crippen LogP contribution < -0.4 is 19.1 Å². The second kappa shape index (κ2) is 13.1. The molecule has 0 saturated heterocycles. The first-order valence-corrected chi connectivity index (χ1v) is 14.0. The number of hydrogen-bond donors (Lipinski definition) is 1. The summed E-state index contributed by atoms with van der Waals surface area (Å²) < 4.78 is 39.5. The maximum atomic E-state index is 13.9. The largest absolute Gasteiger partial charge is 0.497 e. The number of methoxy groups -OCH3 is 2. The Bertz CT molecular complexity index is 1390. The van der Waals surface area contributed by atoms with Crippen molar-refractivity contribution in [3.63, 3.8) is 0 Å². The van der Waals surface area contributed by atoms with Crippen LogP contribution in [0.5, 0.6) is 11.5 Å². The number of likely N-dealkylation sites (N-methyl/N-ethyl adjacent to an activating group) is 1. The van der Waals surface area contributed by atoms with Crippen molar-refractivity contribution in [3.05, 3.63) is 83.9 Å². The molecule has 0 bridgehead atoms. The van der Waals surface area contributed by atoms with Crippen LogP contribution in [0.15, 0.2) is 77.7 Å². The lowest BCUT2D eigenvalue weighted by Gasteiger charge is -2.32. The Morgan fingerprint density at radius 3 is 2.26 bits per heavy atom. The van der Waals surface area contributed by atoms with Crippen LogP contribution >= 0.6 is 0 Å². The number of carbonyl (C=O) groups excluding carboxylic acids is 2. The fourth-order valence-corrected chi connectivity index (χ4v) is 5.56. The smallest absolute Gasteiger partial charge is 0.264 e. The Morgan fingerprint density at radius 1 is 0.949 bits per heavy atom. The summed E-state index contributed by atoms with van der Waals surface area (Å²) in [6.07, 6.45) is 0. The van der Waals surface area contributed by atoms with Crippen LogP contribution in [0.25, 0.3) is 0 Å². The average Bonchev–Trinajstić information content (AvgIpc) is 2.94. The molecule has 10 heteroatoms. The molecular weight excluding hydrogens is 518 g/mol. The van der Waals surface area contributed by atoms with Crippen molar-refractivity contribution in [2.24, 2.45) is 0 Å². The molecule has 39 heavy (non-hydrogen) atoms. The number of sulfonamides is 1. The standard InChI is InChI=1S/C29H35N3O6S/c1-6-30-29(34)22(3)31(19-23-11-9-10-21(2)18-23)28(33)20-32(26-12-7-8-13-27(26)38-5)39(35,36)25-16-14-24(37-4)15-17-25/h7-18,22H,6,19-20H2,1-5H3,(H,30,34)/t22-/m1/s1. The lowest BCUT2D eigenvalue weighted by atomic mass is 10.1. The van der Waals surface area contributed by atoms with Gasteiger partial charge in [0.2, 0.25) is 11.8 Å². The Morgan fingerprint density at radius 2 is 1.64 bits per heavy atom. The third-order valence-corrected chi connectivity index (χ3v) is 8.01. The van der Waals surface area contributed by atoms with Gasteiger partial charge in [-0.05, 0) is 62.7 Å². The minimum atomic E-state index is -4.23. The number of para-hydroxylation sites is 2. The van der Waals surface area contributed by atoms with Gasteiger partial charge in [0.1, 0.15) is 24.1 Å². The number of amides is 2. The number of ether oxygens (including phenoxy) is 2. The van der Waals surface area contributed by atoms with E-state index in [1.807, 2.05) is 31.2 Å². The molecule has 0 aliphatic heterocycles. The zero-order valence-corrected chi connectivity index (χ0v) is 23.7. The van der Waals surface area contributed by atoms with Gasteiger partial charge in [-0.3, -0.25) is 13.9 Å². The van der Waals surface area contributed by atoms with E-state index >= 15 is 0 Å². The summed E-state index contributed by atoms with van der Waals surface area (Å²) in [4.78, 5) is 28.1. The Balaban J connectivity index is 2.07. The average molecular weight is 554 g/mol. The first-order valence-electron chi connectivity index (χ1n) is 12.5. The van der Waals surface area contributed by atoms with Crippen LogP contribution in [0.1, 0.15) is 25.0 Å². The second-order valence-electron chi connectivity index (χ2n) is 8.94. The molecule has 3 aromatic rings. The highest BCUT2D eigenvalue weighted by Crippen LogP contribution is 2.33. The summed E-state index contributed by atoms with van der Waals surface area (Å²) in [6, 6.07) is 19.3. The minimum absolute atomic E-state index is 0.0241. The molecule has 0 radical (unpaired) electrons. The summed E-state index contributed by atoms with van der Waals surface area (Å²) in [5, 5.41) is 2.75. The molecule has 9 nitrogen and oxygen atoms in total. The van der Waals surface area contributed by atoms with E-state index in [0.29, 0.717) is 12.3 Å². The Kier molecular flexibility index (Phi) is 9.95. The van der Waals surface area contributed by atoms with Gasteiger partial charge in [0.05, 0.1) is 24.8 Å². The quantitative estimate of drug-likeness (QED) is 0.366. The Hall–Kier alpha value is -4.05. The number of aryl methyl sites for hydroxylation is 1. The van der Waals surface area contributed by atoms with Gasteiger partial charge in [0.25, 0.3) is 10.0 Å². The fraction of sp³-hybridized carbons (Fsp3) is 0.310. The predicted octanol–water partition coefficient (Wildman–Crippen LogP) is 3.76. The van der Waals surface area contributed by atoms with Gasteiger partial charge in [-0.1, -0.05) is 42.0 Å². The normalized spacial score (nSPS) is 11.8. The van der Waals surface area contributed by atoms with Crippen LogP contribution in [0.2, 0.25) is 0 Å². The monoisotopic (exact) mass is 553 g/mol. The van der Waals surface area contributed by atoms with E-state index in [9.17, 15) is 18.0 Å². The minimum Gasteiger partial charge on any atom is -0.497 e. The highest BCUT2D eigenvalue weighted by molar-refractivity contribution is 7.92. The summed E-state index contributed by atoms with van der Waals surface area (Å²) >= 11 is 0. The molecule has 208 valence electrons. The molecule has 1 N–H and O–H groups in total. The number of carbonyl (C=O) groups is 2. The summed E-state index contributed by atoms with van der Waals surface area (Å²) in [5.74, 6) is -0.100. The van der Waals surface area contributed by atoms with E-state index in [0.717, 1.165) is 15.4 Å². The second-order valence-corrected chi connectivity index (χ2v) is 10.8. The lowest BCUT2D eigenvalue weighted by molar-refractivity contribution is -0.139. The molecule has 0 saturated carbocycles. The van der Waals surface area contributed by atoms with Gasteiger partial charge in [-0.25, -0.2) is 8.42 Å².